The summed E-state index contributed by atoms with van der Waals surface area (Å²) in [5.41, 5.74) is 1.97. The van der Waals surface area contributed by atoms with Gasteiger partial charge in [0.2, 0.25) is 0 Å². The molecule has 6 nitrogen and oxygen atoms in total. The lowest BCUT2D eigenvalue weighted by Crippen LogP contribution is -2.59. The van der Waals surface area contributed by atoms with Crippen LogP contribution in [0.5, 0.6) is 5.75 Å². The Balaban J connectivity index is 1.30. The standard InChI is InChI=1S/C21H26N4O2/c1-27-17-4-2-16(3-5-17)15-25-12-8-21(9-13-25)7-6-19(21)24-20(26)18-14-22-10-11-23-18/h2-5,10-11,14,19H,6-9,12-13,15H2,1H3,(H,24,26)/t19-/m0/s1. The number of piperidine rings is 1. The van der Waals surface area contributed by atoms with E-state index in [9.17, 15) is 4.79 Å². The van der Waals surface area contributed by atoms with Crippen LogP contribution in [0, 0.1) is 5.41 Å². The smallest absolute Gasteiger partial charge is 0.271 e. The number of hydrogen-bond donors (Lipinski definition) is 1. The Morgan fingerprint density at radius 2 is 2.00 bits per heavy atom. The Morgan fingerprint density at radius 1 is 1.22 bits per heavy atom. The van der Waals surface area contributed by atoms with Crippen molar-refractivity contribution in [3.05, 3.63) is 54.1 Å². The molecule has 1 aromatic heterocycles. The van der Waals surface area contributed by atoms with Gasteiger partial charge in [-0.25, -0.2) is 4.98 Å². The third-order valence-corrected chi connectivity index (χ3v) is 6.19. The number of carbonyl (C=O) groups excluding carboxylic acids is 1. The summed E-state index contributed by atoms with van der Waals surface area (Å²) < 4.78 is 5.23. The molecule has 2 aromatic rings. The summed E-state index contributed by atoms with van der Waals surface area (Å²) in [6.45, 7) is 3.11. The van der Waals surface area contributed by atoms with Gasteiger partial charge in [0.1, 0.15) is 11.4 Å². The number of amides is 1. The van der Waals surface area contributed by atoms with Crippen LogP contribution in [0.1, 0.15) is 41.7 Å². The van der Waals surface area contributed by atoms with Crippen LogP contribution in [0.4, 0.5) is 0 Å². The number of likely N-dealkylation sites (tertiary alicyclic amines) is 1. The van der Waals surface area contributed by atoms with E-state index in [0.717, 1.165) is 44.6 Å². The first-order valence-corrected chi connectivity index (χ1v) is 9.61. The van der Waals surface area contributed by atoms with Gasteiger partial charge < -0.3 is 10.1 Å². The van der Waals surface area contributed by atoms with E-state index in [-0.39, 0.29) is 17.4 Å². The lowest BCUT2D eigenvalue weighted by molar-refractivity contribution is -0.00719. The van der Waals surface area contributed by atoms with Crippen molar-refractivity contribution in [1.82, 2.24) is 20.2 Å². The summed E-state index contributed by atoms with van der Waals surface area (Å²) >= 11 is 0. The Kier molecular flexibility index (Phi) is 5.07. The molecule has 2 fully saturated rings. The normalized spacial score (nSPS) is 21.4. The monoisotopic (exact) mass is 366 g/mol. The van der Waals surface area contributed by atoms with Gasteiger partial charge in [0.05, 0.1) is 13.3 Å². The molecule has 1 aliphatic heterocycles. The summed E-state index contributed by atoms with van der Waals surface area (Å²) in [5.74, 6) is 0.792. The van der Waals surface area contributed by atoms with Crippen molar-refractivity contribution in [2.45, 2.75) is 38.3 Å². The molecular weight excluding hydrogens is 340 g/mol. The maximum absolute atomic E-state index is 12.4. The molecule has 1 saturated heterocycles. The van der Waals surface area contributed by atoms with Crippen LogP contribution in [-0.2, 0) is 6.54 Å². The average molecular weight is 366 g/mol. The van der Waals surface area contributed by atoms with Gasteiger partial charge in [-0.3, -0.25) is 14.7 Å². The van der Waals surface area contributed by atoms with Crippen molar-refractivity contribution in [3.63, 3.8) is 0 Å². The van der Waals surface area contributed by atoms with E-state index < -0.39 is 0 Å². The summed E-state index contributed by atoms with van der Waals surface area (Å²) in [6.07, 6.45) is 9.20. The van der Waals surface area contributed by atoms with E-state index in [1.165, 1.54) is 18.2 Å². The van der Waals surface area contributed by atoms with Crippen LogP contribution < -0.4 is 10.1 Å². The maximum Gasteiger partial charge on any atom is 0.271 e. The molecule has 6 heteroatoms. The summed E-state index contributed by atoms with van der Waals surface area (Å²) in [6, 6.07) is 8.57. The minimum absolute atomic E-state index is 0.104. The van der Waals surface area contributed by atoms with Crippen molar-refractivity contribution >= 4 is 5.91 Å². The number of carbonyl (C=O) groups is 1. The van der Waals surface area contributed by atoms with Gasteiger partial charge in [0, 0.05) is 25.0 Å². The molecule has 0 unspecified atom stereocenters. The van der Waals surface area contributed by atoms with Crippen LogP contribution in [-0.4, -0.2) is 47.0 Å². The van der Waals surface area contributed by atoms with E-state index in [2.05, 4.69) is 32.3 Å². The second kappa shape index (κ2) is 7.64. The minimum atomic E-state index is -0.104. The largest absolute Gasteiger partial charge is 0.497 e. The number of aromatic nitrogens is 2. The molecule has 1 amide bonds. The molecule has 27 heavy (non-hydrogen) atoms. The van der Waals surface area contributed by atoms with Gasteiger partial charge in [0.15, 0.2) is 0 Å². The molecule has 1 aliphatic carbocycles. The molecule has 1 N–H and O–H groups in total. The van der Waals surface area contributed by atoms with Crippen molar-refractivity contribution < 1.29 is 9.53 Å². The number of ether oxygens (including phenoxy) is 1. The van der Waals surface area contributed by atoms with E-state index >= 15 is 0 Å². The van der Waals surface area contributed by atoms with Gasteiger partial charge in [-0.05, 0) is 61.9 Å². The fourth-order valence-corrected chi connectivity index (χ4v) is 4.31. The van der Waals surface area contributed by atoms with Crippen molar-refractivity contribution in [2.24, 2.45) is 5.41 Å². The molecule has 4 rings (SSSR count). The maximum atomic E-state index is 12.4. The Labute approximate surface area is 160 Å². The Bertz CT molecular complexity index is 771. The second-order valence-electron chi connectivity index (χ2n) is 7.64. The molecule has 0 bridgehead atoms. The van der Waals surface area contributed by atoms with Crippen molar-refractivity contribution in [3.8, 4) is 5.75 Å². The molecule has 0 radical (unpaired) electrons. The van der Waals surface area contributed by atoms with Crippen molar-refractivity contribution in [1.29, 1.82) is 0 Å². The summed E-state index contributed by atoms with van der Waals surface area (Å²) in [4.78, 5) is 23.0. The molecular formula is C21H26N4O2. The number of nitrogens with one attached hydrogen (secondary N) is 1. The Hall–Kier alpha value is -2.47. The van der Waals surface area contributed by atoms with Gasteiger partial charge in [-0.1, -0.05) is 12.1 Å². The van der Waals surface area contributed by atoms with Crippen molar-refractivity contribution in [2.75, 3.05) is 20.2 Å². The molecule has 142 valence electrons. The molecule has 1 atom stereocenters. The molecule has 1 saturated carbocycles. The zero-order valence-electron chi connectivity index (χ0n) is 15.7. The third kappa shape index (κ3) is 3.81. The second-order valence-corrected chi connectivity index (χ2v) is 7.64. The number of methoxy groups -OCH3 is 1. The SMILES string of the molecule is COc1ccc(CN2CCC3(CC[C@@H]3NC(=O)c3cnccn3)CC2)cc1. The summed E-state index contributed by atoms with van der Waals surface area (Å²) in [5, 5.41) is 3.20. The first kappa shape index (κ1) is 17.9. The van der Waals surface area contributed by atoms with Crippen LogP contribution >= 0.6 is 0 Å². The zero-order chi connectivity index (χ0) is 18.7. The van der Waals surface area contributed by atoms with E-state index in [1.54, 1.807) is 19.5 Å². The summed E-state index contributed by atoms with van der Waals surface area (Å²) in [7, 11) is 1.69. The molecule has 2 aliphatic rings. The number of hydrogen-bond acceptors (Lipinski definition) is 5. The first-order valence-electron chi connectivity index (χ1n) is 9.61. The number of benzene rings is 1. The lowest BCUT2D eigenvalue weighted by atomic mass is 9.59. The van der Waals surface area contributed by atoms with Gasteiger partial charge >= 0.3 is 0 Å². The predicted molar refractivity (Wildman–Crippen MR) is 102 cm³/mol. The molecule has 1 spiro atoms. The van der Waals surface area contributed by atoms with E-state index in [1.807, 2.05) is 12.1 Å². The fraction of sp³-hybridized carbons (Fsp3) is 0.476. The fourth-order valence-electron chi connectivity index (χ4n) is 4.31. The van der Waals surface area contributed by atoms with E-state index in [0.29, 0.717) is 5.69 Å². The predicted octanol–water partition coefficient (Wildman–Crippen LogP) is 2.66. The number of rotatable bonds is 5. The van der Waals surface area contributed by atoms with Crippen LogP contribution in [0.25, 0.3) is 0 Å². The Morgan fingerprint density at radius 3 is 2.59 bits per heavy atom. The van der Waals surface area contributed by atoms with Crippen LogP contribution in [0.2, 0.25) is 0 Å². The van der Waals surface area contributed by atoms with Gasteiger partial charge in [-0.2, -0.15) is 0 Å². The lowest BCUT2D eigenvalue weighted by Gasteiger charge is -2.54. The van der Waals surface area contributed by atoms with Gasteiger partial charge in [-0.15, -0.1) is 0 Å². The topological polar surface area (TPSA) is 67.3 Å². The highest BCUT2D eigenvalue weighted by molar-refractivity contribution is 5.92. The molecule has 1 aromatic carbocycles. The zero-order valence-corrected chi connectivity index (χ0v) is 15.7. The highest BCUT2D eigenvalue weighted by atomic mass is 16.5. The highest BCUT2D eigenvalue weighted by Gasteiger charge is 2.48. The van der Waals surface area contributed by atoms with Crippen LogP contribution in [0.15, 0.2) is 42.9 Å². The van der Waals surface area contributed by atoms with Crippen LogP contribution in [0.3, 0.4) is 0 Å². The third-order valence-electron chi connectivity index (χ3n) is 6.19. The number of nitrogens with zero attached hydrogens (tertiary/aromatic N) is 3. The highest BCUT2D eigenvalue weighted by Crippen LogP contribution is 2.49. The quantitative estimate of drug-likeness (QED) is 0.881. The minimum Gasteiger partial charge on any atom is -0.497 e. The average Bonchev–Trinajstić information content (AvgIpc) is 2.73. The van der Waals surface area contributed by atoms with E-state index in [4.69, 9.17) is 4.74 Å². The first-order chi connectivity index (χ1) is 13.2. The molecule has 2 heterocycles. The van der Waals surface area contributed by atoms with Gasteiger partial charge in [0.25, 0.3) is 5.91 Å².